The van der Waals surface area contributed by atoms with Crippen LogP contribution < -0.4 is 5.73 Å². The molecule has 2 fully saturated rings. The second-order valence-corrected chi connectivity index (χ2v) is 14.7. The Labute approximate surface area is 209 Å². The number of rotatable bonds is 7. The molecule has 198 valence electrons. The van der Waals surface area contributed by atoms with Gasteiger partial charge in [-0.25, -0.2) is 0 Å². The number of nitrogens with zero attached hydrogens (tertiary/aromatic N) is 2. The molecule has 0 aromatic heterocycles. The smallest absolute Gasteiger partial charge is 0.0204 e. The third kappa shape index (κ3) is 7.43. The fourth-order valence-corrected chi connectivity index (χ4v) is 6.80. The van der Waals surface area contributed by atoms with Crippen LogP contribution in [0.4, 0.5) is 0 Å². The van der Waals surface area contributed by atoms with Gasteiger partial charge in [0.1, 0.15) is 0 Å². The predicted octanol–water partition coefficient (Wildman–Crippen LogP) is 7.44. The SMILES string of the molecule is CCC(C)(C)C(C)(C)N1CCC(C(C)(C)CC(C)(C)N2CCC(C(C)(C)C)CC2)CC1.CN. The summed E-state index contributed by atoms with van der Waals surface area (Å²) in [6.07, 6.45) is 8.01. The Morgan fingerprint density at radius 3 is 1.42 bits per heavy atom. The number of hydrogen-bond donors (Lipinski definition) is 1. The van der Waals surface area contributed by atoms with E-state index in [4.69, 9.17) is 0 Å². The van der Waals surface area contributed by atoms with Crippen LogP contribution in [0.5, 0.6) is 0 Å². The molecule has 0 spiro atoms. The highest BCUT2D eigenvalue weighted by Crippen LogP contribution is 2.46. The number of piperidine rings is 2. The van der Waals surface area contributed by atoms with Crippen molar-refractivity contribution in [1.29, 1.82) is 0 Å². The summed E-state index contributed by atoms with van der Waals surface area (Å²) in [6, 6.07) is 0. The highest BCUT2D eigenvalue weighted by atomic mass is 15.2. The molecule has 3 nitrogen and oxygen atoms in total. The van der Waals surface area contributed by atoms with Crippen molar-refractivity contribution in [2.45, 2.75) is 133 Å². The van der Waals surface area contributed by atoms with E-state index in [1.54, 1.807) is 0 Å². The van der Waals surface area contributed by atoms with E-state index in [1.807, 2.05) is 0 Å². The molecule has 2 aliphatic heterocycles. The van der Waals surface area contributed by atoms with E-state index in [-0.39, 0.29) is 5.54 Å². The summed E-state index contributed by atoms with van der Waals surface area (Å²) < 4.78 is 0. The van der Waals surface area contributed by atoms with E-state index >= 15 is 0 Å². The number of nitrogens with two attached hydrogens (primary N) is 1. The maximum absolute atomic E-state index is 4.50. The van der Waals surface area contributed by atoms with Crippen LogP contribution in [0.2, 0.25) is 0 Å². The highest BCUT2D eigenvalue weighted by molar-refractivity contribution is 4.99. The molecular weight excluding hydrogens is 402 g/mol. The second-order valence-electron chi connectivity index (χ2n) is 14.7. The Morgan fingerprint density at radius 1 is 0.636 bits per heavy atom. The minimum atomic E-state index is 0.271. The molecule has 2 N–H and O–H groups in total. The molecule has 2 aliphatic rings. The summed E-state index contributed by atoms with van der Waals surface area (Å²) >= 11 is 0. The molecule has 33 heavy (non-hydrogen) atoms. The molecule has 0 aliphatic carbocycles. The first-order valence-corrected chi connectivity index (χ1v) is 14.0. The van der Waals surface area contributed by atoms with Crippen LogP contribution in [0.1, 0.15) is 122 Å². The topological polar surface area (TPSA) is 32.5 Å². The molecule has 0 atom stereocenters. The summed E-state index contributed by atoms with van der Waals surface area (Å²) in [6.45, 7) is 34.8. The molecule has 0 aromatic rings. The van der Waals surface area contributed by atoms with Gasteiger partial charge >= 0.3 is 0 Å². The summed E-state index contributed by atoms with van der Waals surface area (Å²) in [5, 5.41) is 0. The minimum Gasteiger partial charge on any atom is -0.333 e. The van der Waals surface area contributed by atoms with Crippen LogP contribution in [0.15, 0.2) is 0 Å². The van der Waals surface area contributed by atoms with Gasteiger partial charge < -0.3 is 5.73 Å². The van der Waals surface area contributed by atoms with Crippen molar-refractivity contribution in [2.24, 2.45) is 33.8 Å². The maximum atomic E-state index is 4.50. The van der Waals surface area contributed by atoms with Crippen LogP contribution in [-0.4, -0.2) is 54.1 Å². The molecule has 0 radical (unpaired) electrons. The lowest BCUT2D eigenvalue weighted by Gasteiger charge is -2.54. The van der Waals surface area contributed by atoms with Crippen molar-refractivity contribution < 1.29 is 0 Å². The number of hydrogen-bond acceptors (Lipinski definition) is 3. The van der Waals surface area contributed by atoms with Gasteiger partial charge in [0.15, 0.2) is 0 Å². The largest absolute Gasteiger partial charge is 0.333 e. The highest BCUT2D eigenvalue weighted by Gasteiger charge is 2.45. The first-order chi connectivity index (χ1) is 14.9. The summed E-state index contributed by atoms with van der Waals surface area (Å²) in [7, 11) is 1.50. The lowest BCUT2D eigenvalue weighted by molar-refractivity contribution is -0.0408. The average molecular weight is 466 g/mol. The summed E-state index contributed by atoms with van der Waals surface area (Å²) in [5.74, 6) is 1.73. The Morgan fingerprint density at radius 2 is 1.03 bits per heavy atom. The van der Waals surface area contributed by atoms with Crippen LogP contribution in [-0.2, 0) is 0 Å². The van der Waals surface area contributed by atoms with E-state index in [0.717, 1.165) is 11.8 Å². The van der Waals surface area contributed by atoms with E-state index in [2.05, 4.69) is 98.6 Å². The van der Waals surface area contributed by atoms with Gasteiger partial charge in [0.05, 0.1) is 0 Å². The molecule has 3 heteroatoms. The van der Waals surface area contributed by atoms with Gasteiger partial charge in [-0.2, -0.15) is 0 Å². The standard InChI is InChI=1S/C29H58N2.CH5N/c1-13-27(7,8)29(11,12)31-20-16-24(17-21-31)26(5,6)22-28(9,10)30-18-14-23(15-19-30)25(2,3)4;1-2/h23-24H,13-22H2,1-12H3;2H2,1H3. The fraction of sp³-hybridized carbons (Fsp3) is 1.00. The van der Waals surface area contributed by atoms with E-state index in [0.29, 0.717) is 21.8 Å². The second kappa shape index (κ2) is 11.3. The van der Waals surface area contributed by atoms with E-state index < -0.39 is 0 Å². The molecule has 2 heterocycles. The number of likely N-dealkylation sites (tertiary alicyclic amines) is 2. The zero-order valence-electron chi connectivity index (χ0n) is 25.2. The third-order valence-corrected chi connectivity index (χ3v) is 10.4. The Hall–Kier alpha value is -0.120. The van der Waals surface area contributed by atoms with Crippen LogP contribution in [0, 0.1) is 28.1 Å². The quantitative estimate of drug-likeness (QED) is 0.424. The van der Waals surface area contributed by atoms with Crippen molar-refractivity contribution >= 4 is 0 Å². The van der Waals surface area contributed by atoms with Crippen molar-refractivity contribution in [3.05, 3.63) is 0 Å². The van der Waals surface area contributed by atoms with Gasteiger partial charge in [0.25, 0.3) is 0 Å². The molecular formula is C30H63N3. The van der Waals surface area contributed by atoms with Crippen molar-refractivity contribution in [3.8, 4) is 0 Å². The van der Waals surface area contributed by atoms with Gasteiger partial charge in [0, 0.05) is 11.1 Å². The lowest BCUT2D eigenvalue weighted by atomic mass is 9.65. The predicted molar refractivity (Wildman–Crippen MR) is 149 cm³/mol. The minimum absolute atomic E-state index is 0.271. The molecule has 0 amide bonds. The first kappa shape index (κ1) is 30.9. The van der Waals surface area contributed by atoms with Crippen LogP contribution in [0.25, 0.3) is 0 Å². The summed E-state index contributed by atoms with van der Waals surface area (Å²) in [4.78, 5) is 5.62. The zero-order chi connectivity index (χ0) is 25.9. The van der Waals surface area contributed by atoms with Crippen LogP contribution in [0.3, 0.4) is 0 Å². The van der Waals surface area contributed by atoms with Crippen molar-refractivity contribution in [1.82, 2.24) is 9.80 Å². The maximum Gasteiger partial charge on any atom is 0.0204 e. The third-order valence-electron chi connectivity index (χ3n) is 10.4. The zero-order valence-corrected chi connectivity index (χ0v) is 25.2. The molecule has 0 unspecified atom stereocenters. The Balaban J connectivity index is 0.00000265. The summed E-state index contributed by atoms with van der Waals surface area (Å²) in [5.41, 5.74) is 6.29. The normalized spacial score (nSPS) is 21.6. The van der Waals surface area contributed by atoms with Gasteiger partial charge in [-0.3, -0.25) is 9.80 Å². The Bertz CT molecular complexity index is 566. The lowest BCUT2D eigenvalue weighted by Crippen LogP contribution is -2.57. The van der Waals surface area contributed by atoms with Crippen molar-refractivity contribution in [2.75, 3.05) is 33.2 Å². The monoisotopic (exact) mass is 466 g/mol. The van der Waals surface area contributed by atoms with E-state index in [9.17, 15) is 0 Å². The Kier molecular flexibility index (Phi) is 10.6. The van der Waals surface area contributed by atoms with Gasteiger partial charge in [-0.1, -0.05) is 55.4 Å². The molecule has 2 saturated heterocycles. The molecule has 2 rings (SSSR count). The van der Waals surface area contributed by atoms with Gasteiger partial charge in [-0.15, -0.1) is 0 Å². The van der Waals surface area contributed by atoms with Crippen LogP contribution >= 0.6 is 0 Å². The molecule has 0 saturated carbocycles. The van der Waals surface area contributed by atoms with E-state index in [1.165, 1.54) is 71.8 Å². The molecule has 0 bridgehead atoms. The first-order valence-electron chi connectivity index (χ1n) is 14.0. The average Bonchev–Trinajstić information content (AvgIpc) is 2.74. The molecule has 0 aromatic carbocycles. The van der Waals surface area contributed by atoms with Gasteiger partial charge in [-0.05, 0) is 128 Å². The fourth-order valence-electron chi connectivity index (χ4n) is 6.80. The van der Waals surface area contributed by atoms with Crippen molar-refractivity contribution in [3.63, 3.8) is 0 Å². The van der Waals surface area contributed by atoms with Gasteiger partial charge in [0.2, 0.25) is 0 Å².